The van der Waals surface area contributed by atoms with Gasteiger partial charge in [-0.3, -0.25) is 9.59 Å². The number of piperazine rings is 1. The van der Waals surface area contributed by atoms with Gasteiger partial charge in [-0.05, 0) is 63.1 Å². The van der Waals surface area contributed by atoms with Crippen molar-refractivity contribution in [2.45, 2.75) is 33.7 Å². The first kappa shape index (κ1) is 17.2. The molecule has 0 bridgehead atoms. The first-order chi connectivity index (χ1) is 11.9. The molecule has 1 aliphatic heterocycles. The number of carbonyl (C=O) groups is 2. The first-order valence-electron chi connectivity index (χ1n) is 8.65. The summed E-state index contributed by atoms with van der Waals surface area (Å²) in [7, 11) is 0. The molecule has 2 amide bonds. The zero-order valence-electron chi connectivity index (χ0n) is 15.2. The molecule has 0 spiro atoms. The Morgan fingerprint density at radius 3 is 2.44 bits per heavy atom. The summed E-state index contributed by atoms with van der Waals surface area (Å²) < 4.78 is 0. The fourth-order valence-corrected chi connectivity index (χ4v) is 3.24. The molecule has 1 saturated heterocycles. The predicted molar refractivity (Wildman–Crippen MR) is 99.9 cm³/mol. The Morgan fingerprint density at radius 2 is 1.76 bits per heavy atom. The van der Waals surface area contributed by atoms with Crippen molar-refractivity contribution in [1.29, 1.82) is 0 Å². The van der Waals surface area contributed by atoms with Crippen molar-refractivity contribution in [3.63, 3.8) is 0 Å². The molecular formula is C21H24N2O2. The second-order valence-electron chi connectivity index (χ2n) is 6.80. The number of nitrogens with zero attached hydrogens (tertiary/aromatic N) is 2. The van der Waals surface area contributed by atoms with Gasteiger partial charge in [-0.25, -0.2) is 0 Å². The molecule has 0 aromatic heterocycles. The van der Waals surface area contributed by atoms with Gasteiger partial charge in [-0.2, -0.15) is 0 Å². The van der Waals surface area contributed by atoms with Crippen LogP contribution in [0, 0.1) is 20.8 Å². The minimum absolute atomic E-state index is 0.0319. The summed E-state index contributed by atoms with van der Waals surface area (Å²) >= 11 is 0. The average Bonchev–Trinajstić information content (AvgIpc) is 2.59. The molecule has 0 aliphatic carbocycles. The van der Waals surface area contributed by atoms with Gasteiger partial charge in [0, 0.05) is 24.3 Å². The van der Waals surface area contributed by atoms with Crippen LogP contribution in [0.5, 0.6) is 0 Å². The Hall–Kier alpha value is -2.62. The zero-order valence-corrected chi connectivity index (χ0v) is 15.2. The highest BCUT2D eigenvalue weighted by Gasteiger charge is 2.35. The Balaban J connectivity index is 1.81. The molecule has 4 nitrogen and oxygen atoms in total. The van der Waals surface area contributed by atoms with Gasteiger partial charge in [0.15, 0.2) is 0 Å². The maximum absolute atomic E-state index is 12.9. The summed E-state index contributed by atoms with van der Waals surface area (Å²) in [5.74, 6) is -0.111. The van der Waals surface area contributed by atoms with E-state index in [2.05, 4.69) is 6.92 Å². The van der Waals surface area contributed by atoms with Gasteiger partial charge in [0.1, 0.15) is 6.04 Å². The smallest absolute Gasteiger partial charge is 0.254 e. The topological polar surface area (TPSA) is 40.6 Å². The third-order valence-electron chi connectivity index (χ3n) is 4.98. The van der Waals surface area contributed by atoms with Gasteiger partial charge in [-0.1, -0.05) is 23.8 Å². The van der Waals surface area contributed by atoms with E-state index in [0.29, 0.717) is 18.7 Å². The lowest BCUT2D eigenvalue weighted by Gasteiger charge is -2.39. The van der Waals surface area contributed by atoms with E-state index in [9.17, 15) is 9.59 Å². The summed E-state index contributed by atoms with van der Waals surface area (Å²) in [6.07, 6.45) is 0. The monoisotopic (exact) mass is 336 g/mol. The number of carbonyl (C=O) groups excluding carboxylic acids is 2. The third-order valence-corrected chi connectivity index (χ3v) is 4.98. The summed E-state index contributed by atoms with van der Waals surface area (Å²) in [5, 5.41) is 0. The molecule has 2 aromatic carbocycles. The number of aryl methyl sites for hydroxylation is 3. The van der Waals surface area contributed by atoms with Crippen LogP contribution in [-0.2, 0) is 4.79 Å². The number of benzene rings is 2. The highest BCUT2D eigenvalue weighted by Crippen LogP contribution is 2.24. The lowest BCUT2D eigenvalue weighted by atomic mass is 10.1. The molecule has 130 valence electrons. The first-order valence-corrected chi connectivity index (χ1v) is 8.65. The van der Waals surface area contributed by atoms with Crippen LogP contribution < -0.4 is 4.90 Å². The summed E-state index contributed by atoms with van der Waals surface area (Å²) in [6.45, 7) is 8.92. The van der Waals surface area contributed by atoms with Gasteiger partial charge in [-0.15, -0.1) is 0 Å². The molecule has 0 radical (unpaired) electrons. The number of hydrogen-bond acceptors (Lipinski definition) is 2. The Kier molecular flexibility index (Phi) is 4.62. The van der Waals surface area contributed by atoms with Gasteiger partial charge >= 0.3 is 0 Å². The predicted octanol–water partition coefficient (Wildman–Crippen LogP) is 3.49. The van der Waals surface area contributed by atoms with E-state index in [-0.39, 0.29) is 11.8 Å². The van der Waals surface area contributed by atoms with Crippen LogP contribution in [0.25, 0.3) is 0 Å². The van der Waals surface area contributed by atoms with Crippen LogP contribution >= 0.6 is 0 Å². The lowest BCUT2D eigenvalue weighted by Crippen LogP contribution is -2.57. The lowest BCUT2D eigenvalue weighted by molar-refractivity contribution is -0.124. The highest BCUT2D eigenvalue weighted by molar-refractivity contribution is 6.03. The SMILES string of the molecule is Cc1cccc(C(=O)N2CCN(c3ccc(C)c(C)c3)C(=O)[C@@H]2C)c1. The van der Waals surface area contributed by atoms with Crippen LogP contribution in [0.15, 0.2) is 42.5 Å². The quantitative estimate of drug-likeness (QED) is 0.842. The van der Waals surface area contributed by atoms with Crippen LogP contribution in [0.1, 0.15) is 34.0 Å². The van der Waals surface area contributed by atoms with Gasteiger partial charge in [0.2, 0.25) is 5.91 Å². The molecule has 2 aromatic rings. The van der Waals surface area contributed by atoms with Crippen molar-refractivity contribution >= 4 is 17.5 Å². The summed E-state index contributed by atoms with van der Waals surface area (Å²) in [4.78, 5) is 29.1. The van der Waals surface area contributed by atoms with E-state index in [1.165, 1.54) is 5.56 Å². The molecule has 1 atom stereocenters. The van der Waals surface area contributed by atoms with Crippen LogP contribution in [0.2, 0.25) is 0 Å². The maximum atomic E-state index is 12.9. The van der Waals surface area contributed by atoms with Crippen LogP contribution in [0.4, 0.5) is 5.69 Å². The van der Waals surface area contributed by atoms with Gasteiger partial charge in [0.25, 0.3) is 5.91 Å². The molecule has 3 rings (SSSR count). The number of amides is 2. The molecule has 1 heterocycles. The normalized spacial score (nSPS) is 17.8. The Morgan fingerprint density at radius 1 is 1.00 bits per heavy atom. The van der Waals surface area contributed by atoms with E-state index >= 15 is 0 Å². The molecule has 25 heavy (non-hydrogen) atoms. The standard InChI is InChI=1S/C21H24N2O2/c1-14-6-5-7-18(12-14)21(25)22-10-11-23(20(24)17(22)4)19-9-8-15(2)16(3)13-19/h5-9,12-13,17H,10-11H2,1-4H3/t17-/m0/s1. The molecule has 1 aliphatic rings. The fraction of sp³-hybridized carbons (Fsp3) is 0.333. The second kappa shape index (κ2) is 6.71. The van der Waals surface area contributed by atoms with Crippen LogP contribution in [0.3, 0.4) is 0 Å². The minimum atomic E-state index is -0.469. The van der Waals surface area contributed by atoms with E-state index in [1.54, 1.807) is 9.80 Å². The Bertz CT molecular complexity index is 828. The minimum Gasteiger partial charge on any atom is -0.325 e. The molecule has 1 fully saturated rings. The van der Waals surface area contributed by atoms with Crippen molar-refractivity contribution in [2.75, 3.05) is 18.0 Å². The molecular weight excluding hydrogens is 312 g/mol. The molecule has 0 saturated carbocycles. The molecule has 0 unspecified atom stereocenters. The van der Waals surface area contributed by atoms with Crippen molar-refractivity contribution in [2.24, 2.45) is 0 Å². The second-order valence-corrected chi connectivity index (χ2v) is 6.80. The average molecular weight is 336 g/mol. The summed E-state index contributed by atoms with van der Waals surface area (Å²) in [5.41, 5.74) is 4.95. The zero-order chi connectivity index (χ0) is 18.1. The Labute approximate surface area is 149 Å². The third kappa shape index (κ3) is 3.29. The summed E-state index contributed by atoms with van der Waals surface area (Å²) in [6, 6.07) is 13.1. The van der Waals surface area contributed by atoms with E-state index < -0.39 is 6.04 Å². The van der Waals surface area contributed by atoms with Crippen molar-refractivity contribution in [3.8, 4) is 0 Å². The largest absolute Gasteiger partial charge is 0.325 e. The van der Waals surface area contributed by atoms with Gasteiger partial charge < -0.3 is 9.80 Å². The number of hydrogen-bond donors (Lipinski definition) is 0. The molecule has 0 N–H and O–H groups in total. The van der Waals surface area contributed by atoms with Gasteiger partial charge in [0.05, 0.1) is 0 Å². The highest BCUT2D eigenvalue weighted by atomic mass is 16.2. The van der Waals surface area contributed by atoms with Crippen LogP contribution in [-0.4, -0.2) is 35.8 Å². The number of rotatable bonds is 2. The molecule has 4 heteroatoms. The van der Waals surface area contributed by atoms with Crippen molar-refractivity contribution in [1.82, 2.24) is 4.90 Å². The van der Waals surface area contributed by atoms with Crippen molar-refractivity contribution < 1.29 is 9.59 Å². The van der Waals surface area contributed by atoms with E-state index in [4.69, 9.17) is 0 Å². The van der Waals surface area contributed by atoms with Crippen molar-refractivity contribution in [3.05, 3.63) is 64.7 Å². The maximum Gasteiger partial charge on any atom is 0.254 e. The van der Waals surface area contributed by atoms with E-state index in [1.807, 2.05) is 63.2 Å². The fourth-order valence-electron chi connectivity index (χ4n) is 3.24. The van der Waals surface area contributed by atoms with E-state index in [0.717, 1.165) is 16.8 Å². The number of anilines is 1.